The van der Waals surface area contributed by atoms with Crippen molar-refractivity contribution in [3.05, 3.63) is 34.4 Å². The van der Waals surface area contributed by atoms with E-state index < -0.39 is 0 Å². The van der Waals surface area contributed by atoms with Crippen molar-refractivity contribution in [3.63, 3.8) is 0 Å². The van der Waals surface area contributed by atoms with Gasteiger partial charge in [-0.2, -0.15) is 5.10 Å². The highest BCUT2D eigenvalue weighted by Crippen LogP contribution is 2.39. The molecule has 0 aliphatic heterocycles. The lowest BCUT2D eigenvalue weighted by molar-refractivity contribution is 0.722. The first-order valence-corrected chi connectivity index (χ1v) is 7.02. The highest BCUT2D eigenvalue weighted by Gasteiger charge is 2.26. The summed E-state index contributed by atoms with van der Waals surface area (Å²) >= 11 is 3.60. The predicted octanol–water partition coefficient (Wildman–Crippen LogP) is 3.38. The molecule has 18 heavy (non-hydrogen) atoms. The van der Waals surface area contributed by atoms with Gasteiger partial charge in [0.05, 0.1) is 5.69 Å². The quantitative estimate of drug-likeness (QED) is 0.944. The lowest BCUT2D eigenvalue weighted by Crippen LogP contribution is -1.98. The van der Waals surface area contributed by atoms with Crippen molar-refractivity contribution in [2.75, 3.05) is 5.73 Å². The number of aryl methyl sites for hydroxylation is 1. The van der Waals surface area contributed by atoms with Crippen LogP contribution in [0.3, 0.4) is 0 Å². The largest absolute Gasteiger partial charge is 0.383 e. The fraction of sp³-hybridized carbons (Fsp3) is 0.357. The van der Waals surface area contributed by atoms with Gasteiger partial charge in [-0.25, -0.2) is 0 Å². The molecule has 0 unspecified atom stereocenters. The number of anilines is 1. The van der Waals surface area contributed by atoms with Crippen molar-refractivity contribution >= 4 is 21.7 Å². The van der Waals surface area contributed by atoms with Crippen LogP contribution in [0.25, 0.3) is 11.1 Å². The Labute approximate surface area is 115 Å². The fourth-order valence-electron chi connectivity index (χ4n) is 2.29. The Morgan fingerprint density at radius 2 is 2.11 bits per heavy atom. The van der Waals surface area contributed by atoms with Crippen LogP contribution in [-0.4, -0.2) is 9.78 Å². The zero-order chi connectivity index (χ0) is 12.7. The third kappa shape index (κ3) is 2.05. The van der Waals surface area contributed by atoms with E-state index in [1.165, 1.54) is 12.8 Å². The molecule has 0 atom stereocenters. The van der Waals surface area contributed by atoms with E-state index in [1.54, 1.807) is 4.68 Å². The second kappa shape index (κ2) is 4.43. The summed E-state index contributed by atoms with van der Waals surface area (Å²) in [5.41, 5.74) is 9.54. The van der Waals surface area contributed by atoms with Gasteiger partial charge in [0.2, 0.25) is 0 Å². The predicted molar refractivity (Wildman–Crippen MR) is 77.2 cm³/mol. The molecule has 2 N–H and O–H groups in total. The van der Waals surface area contributed by atoms with Crippen LogP contribution in [0.5, 0.6) is 0 Å². The van der Waals surface area contributed by atoms with E-state index in [0.717, 1.165) is 39.5 Å². The third-order valence-electron chi connectivity index (χ3n) is 3.49. The summed E-state index contributed by atoms with van der Waals surface area (Å²) in [5, 5.41) is 4.58. The van der Waals surface area contributed by atoms with Crippen molar-refractivity contribution in [3.8, 4) is 11.1 Å². The van der Waals surface area contributed by atoms with E-state index in [2.05, 4.69) is 27.1 Å². The summed E-state index contributed by atoms with van der Waals surface area (Å²) in [6.07, 6.45) is 3.69. The second-order valence-corrected chi connectivity index (χ2v) is 5.81. The van der Waals surface area contributed by atoms with Gasteiger partial charge in [-0.15, -0.1) is 0 Å². The average Bonchev–Trinajstić information content (AvgIpc) is 3.10. The zero-order valence-electron chi connectivity index (χ0n) is 10.4. The summed E-state index contributed by atoms with van der Waals surface area (Å²) in [6.45, 7) is 0. The van der Waals surface area contributed by atoms with Crippen LogP contribution in [0, 0.1) is 5.92 Å². The first-order chi connectivity index (χ1) is 8.66. The van der Waals surface area contributed by atoms with Crippen molar-refractivity contribution < 1.29 is 0 Å². The van der Waals surface area contributed by atoms with Gasteiger partial charge in [0.1, 0.15) is 5.82 Å². The first kappa shape index (κ1) is 11.8. The molecule has 1 heterocycles. The molecule has 1 aliphatic carbocycles. The molecule has 0 saturated heterocycles. The Morgan fingerprint density at radius 1 is 1.39 bits per heavy atom. The number of nitrogen functional groups attached to an aromatic ring is 1. The lowest BCUT2D eigenvalue weighted by atomic mass is 10.0. The molecular weight excluding hydrogens is 290 g/mol. The van der Waals surface area contributed by atoms with Gasteiger partial charge in [-0.1, -0.05) is 34.1 Å². The summed E-state index contributed by atoms with van der Waals surface area (Å²) in [6, 6.07) is 8.19. The maximum Gasteiger partial charge on any atom is 0.129 e. The fourth-order valence-corrected chi connectivity index (χ4v) is 2.77. The van der Waals surface area contributed by atoms with Gasteiger partial charge in [-0.05, 0) is 31.2 Å². The van der Waals surface area contributed by atoms with Crippen molar-refractivity contribution in [1.29, 1.82) is 0 Å². The first-order valence-electron chi connectivity index (χ1n) is 6.23. The average molecular weight is 306 g/mol. The topological polar surface area (TPSA) is 43.8 Å². The van der Waals surface area contributed by atoms with Gasteiger partial charge in [-0.3, -0.25) is 4.68 Å². The third-order valence-corrected chi connectivity index (χ3v) is 4.18. The van der Waals surface area contributed by atoms with Crippen LogP contribution in [0.4, 0.5) is 5.82 Å². The van der Waals surface area contributed by atoms with Crippen LogP contribution in [0.15, 0.2) is 28.7 Å². The number of hydrogen-bond donors (Lipinski definition) is 1. The number of nitrogens with zero attached hydrogens (tertiary/aromatic N) is 2. The minimum Gasteiger partial charge on any atom is -0.383 e. The number of nitrogens with two attached hydrogens (primary N) is 1. The molecule has 3 rings (SSSR count). The Balaban J connectivity index is 2.11. The smallest absolute Gasteiger partial charge is 0.129 e. The van der Waals surface area contributed by atoms with E-state index in [1.807, 2.05) is 25.2 Å². The molecule has 3 nitrogen and oxygen atoms in total. The zero-order valence-corrected chi connectivity index (χ0v) is 11.9. The van der Waals surface area contributed by atoms with E-state index in [0.29, 0.717) is 0 Å². The van der Waals surface area contributed by atoms with E-state index in [4.69, 9.17) is 5.73 Å². The molecule has 4 heteroatoms. The molecule has 94 valence electrons. The molecule has 1 saturated carbocycles. The van der Waals surface area contributed by atoms with Crippen LogP contribution < -0.4 is 5.73 Å². The molecular formula is C14H16BrN3. The normalized spacial score (nSPS) is 15.0. The molecule has 2 aromatic rings. The van der Waals surface area contributed by atoms with Crippen LogP contribution in [0.2, 0.25) is 0 Å². The van der Waals surface area contributed by atoms with Crippen molar-refractivity contribution in [2.24, 2.45) is 13.0 Å². The number of benzene rings is 1. The van der Waals surface area contributed by atoms with Gasteiger partial charge in [0, 0.05) is 22.6 Å². The summed E-state index contributed by atoms with van der Waals surface area (Å²) < 4.78 is 2.86. The Morgan fingerprint density at radius 3 is 2.78 bits per heavy atom. The van der Waals surface area contributed by atoms with Crippen LogP contribution in [-0.2, 0) is 13.5 Å². The standard InChI is InChI=1S/C14H16BrN3/c1-18-14(16)13(10-4-2-3-5-11(10)15)12(17-18)8-9-6-7-9/h2-5,9H,6-8,16H2,1H3. The lowest BCUT2D eigenvalue weighted by Gasteiger charge is -2.06. The summed E-state index contributed by atoms with van der Waals surface area (Å²) in [7, 11) is 1.91. The maximum atomic E-state index is 6.18. The molecule has 1 fully saturated rings. The number of rotatable bonds is 3. The second-order valence-electron chi connectivity index (χ2n) is 4.96. The number of halogens is 1. The maximum absolute atomic E-state index is 6.18. The van der Waals surface area contributed by atoms with Gasteiger partial charge >= 0.3 is 0 Å². The minimum atomic E-state index is 0.748. The SMILES string of the molecule is Cn1nc(CC2CC2)c(-c2ccccc2Br)c1N. The molecule has 1 aliphatic rings. The summed E-state index contributed by atoms with van der Waals surface area (Å²) in [4.78, 5) is 0. The molecule has 0 amide bonds. The summed E-state index contributed by atoms with van der Waals surface area (Å²) in [5.74, 6) is 1.55. The molecule has 0 spiro atoms. The minimum absolute atomic E-state index is 0.748. The molecule has 0 radical (unpaired) electrons. The van der Waals surface area contributed by atoms with E-state index in [9.17, 15) is 0 Å². The molecule has 0 bridgehead atoms. The van der Waals surface area contributed by atoms with Crippen LogP contribution >= 0.6 is 15.9 Å². The van der Waals surface area contributed by atoms with Gasteiger partial charge in [0.25, 0.3) is 0 Å². The Hall–Kier alpha value is -1.29. The van der Waals surface area contributed by atoms with Crippen molar-refractivity contribution in [2.45, 2.75) is 19.3 Å². The Bertz CT molecular complexity index is 585. The van der Waals surface area contributed by atoms with Gasteiger partial charge < -0.3 is 5.73 Å². The van der Waals surface area contributed by atoms with Crippen molar-refractivity contribution in [1.82, 2.24) is 9.78 Å². The van der Waals surface area contributed by atoms with Crippen LogP contribution in [0.1, 0.15) is 18.5 Å². The monoisotopic (exact) mass is 305 g/mol. The van der Waals surface area contributed by atoms with Gasteiger partial charge in [0.15, 0.2) is 0 Å². The Kier molecular flexibility index (Phi) is 2.90. The number of aromatic nitrogens is 2. The molecule has 1 aromatic heterocycles. The number of hydrogen-bond acceptors (Lipinski definition) is 2. The highest BCUT2D eigenvalue weighted by molar-refractivity contribution is 9.10. The molecule has 1 aromatic carbocycles. The van der Waals surface area contributed by atoms with E-state index >= 15 is 0 Å². The van der Waals surface area contributed by atoms with E-state index in [-0.39, 0.29) is 0 Å². The highest BCUT2D eigenvalue weighted by atomic mass is 79.9.